The van der Waals surface area contributed by atoms with E-state index >= 15 is 0 Å². The number of aromatic nitrogens is 5. The number of benzene rings is 9. The summed E-state index contributed by atoms with van der Waals surface area (Å²) < 4.78 is 11.4. The Kier molecular flexibility index (Phi) is 7.21. The summed E-state index contributed by atoms with van der Waals surface area (Å²) in [5, 5.41) is 9.09. The van der Waals surface area contributed by atoms with Gasteiger partial charge >= 0.3 is 0 Å². The van der Waals surface area contributed by atoms with Gasteiger partial charge in [-0.25, -0.2) is 15.0 Å². The normalized spacial score (nSPS) is 11.9. The first-order valence-electron chi connectivity index (χ1n) is 20.5. The van der Waals surface area contributed by atoms with Gasteiger partial charge in [-0.3, -0.25) is 0 Å². The average molecular weight is 780 g/mol. The highest BCUT2D eigenvalue weighted by molar-refractivity contribution is 6.16. The molecule has 6 heteroatoms. The van der Waals surface area contributed by atoms with Gasteiger partial charge in [-0.15, -0.1) is 0 Å². The minimum atomic E-state index is 0.567. The predicted molar refractivity (Wildman–Crippen MR) is 250 cm³/mol. The molecule has 13 rings (SSSR count). The number of furan rings is 1. The molecule has 0 saturated heterocycles. The standard InChI is InChI=1S/C55H33N5O/c1-3-15-34(16-4-1)53-56-54(37-27-28-42-40-21-9-12-24-46(40)59(48(42)31-37)38-19-5-2-6-20-38)58-55(57-53)45-32-39(33-51-52(45)43-23-11-14-26-50(43)61-51)60-47-25-13-10-22-41(47)44-29-35-17-7-8-18-36(35)30-49(44)60/h1-33H. The third-order valence-electron chi connectivity index (χ3n) is 12.1. The zero-order valence-corrected chi connectivity index (χ0v) is 32.7. The van der Waals surface area contributed by atoms with Gasteiger partial charge in [0.1, 0.15) is 11.2 Å². The second-order valence-corrected chi connectivity index (χ2v) is 15.6. The zero-order chi connectivity index (χ0) is 40.0. The molecule has 0 spiro atoms. The summed E-state index contributed by atoms with van der Waals surface area (Å²) in [5.41, 5.74) is 10.7. The Hall–Kier alpha value is -8.35. The van der Waals surface area contributed by atoms with Crippen LogP contribution in [0.2, 0.25) is 0 Å². The fourth-order valence-electron chi connectivity index (χ4n) is 9.39. The molecular formula is C55H33N5O. The second-order valence-electron chi connectivity index (χ2n) is 15.6. The van der Waals surface area contributed by atoms with Crippen LogP contribution in [0.1, 0.15) is 0 Å². The van der Waals surface area contributed by atoms with Gasteiger partial charge in [-0.1, -0.05) is 140 Å². The molecule has 9 aromatic carbocycles. The maximum Gasteiger partial charge on any atom is 0.164 e. The van der Waals surface area contributed by atoms with Crippen LogP contribution in [0.15, 0.2) is 205 Å². The highest BCUT2D eigenvalue weighted by Gasteiger charge is 2.22. The van der Waals surface area contributed by atoms with Crippen molar-refractivity contribution in [2.75, 3.05) is 0 Å². The molecule has 0 fully saturated rings. The number of para-hydroxylation sites is 4. The van der Waals surface area contributed by atoms with Crippen molar-refractivity contribution in [2.45, 2.75) is 0 Å². The summed E-state index contributed by atoms with van der Waals surface area (Å²) in [6.45, 7) is 0. The van der Waals surface area contributed by atoms with E-state index in [2.05, 4.69) is 179 Å². The topological polar surface area (TPSA) is 61.7 Å². The highest BCUT2D eigenvalue weighted by atomic mass is 16.3. The van der Waals surface area contributed by atoms with Crippen molar-refractivity contribution in [3.05, 3.63) is 200 Å². The monoisotopic (exact) mass is 779 g/mol. The molecule has 4 heterocycles. The van der Waals surface area contributed by atoms with Crippen LogP contribution in [0.3, 0.4) is 0 Å². The first-order valence-corrected chi connectivity index (χ1v) is 20.5. The molecule has 284 valence electrons. The number of rotatable bonds is 5. The fraction of sp³-hybridized carbons (Fsp3) is 0. The van der Waals surface area contributed by atoms with E-state index in [1.54, 1.807) is 0 Å². The van der Waals surface area contributed by atoms with Crippen molar-refractivity contribution in [1.82, 2.24) is 24.1 Å². The lowest BCUT2D eigenvalue weighted by Crippen LogP contribution is -2.02. The molecule has 0 saturated carbocycles. The van der Waals surface area contributed by atoms with Gasteiger partial charge in [0.05, 0.1) is 27.8 Å². The molecule has 0 aliphatic heterocycles. The van der Waals surface area contributed by atoms with E-state index in [0.29, 0.717) is 17.5 Å². The molecule has 0 N–H and O–H groups in total. The van der Waals surface area contributed by atoms with E-state index in [-0.39, 0.29) is 0 Å². The summed E-state index contributed by atoms with van der Waals surface area (Å²) in [6.07, 6.45) is 0. The van der Waals surface area contributed by atoms with Gasteiger partial charge in [0, 0.05) is 60.8 Å². The van der Waals surface area contributed by atoms with E-state index in [4.69, 9.17) is 19.4 Å². The molecule has 0 bridgehead atoms. The first kappa shape index (κ1) is 33.6. The number of hydrogen-bond donors (Lipinski definition) is 0. The van der Waals surface area contributed by atoms with Gasteiger partial charge < -0.3 is 13.6 Å². The van der Waals surface area contributed by atoms with Crippen LogP contribution in [0.5, 0.6) is 0 Å². The molecule has 0 aliphatic carbocycles. The van der Waals surface area contributed by atoms with Gasteiger partial charge in [0.15, 0.2) is 17.5 Å². The number of nitrogens with zero attached hydrogens (tertiary/aromatic N) is 5. The second kappa shape index (κ2) is 13.1. The molecule has 0 radical (unpaired) electrons. The third kappa shape index (κ3) is 5.19. The molecule has 4 aromatic heterocycles. The summed E-state index contributed by atoms with van der Waals surface area (Å²) >= 11 is 0. The maximum atomic E-state index is 6.72. The van der Waals surface area contributed by atoms with Crippen LogP contribution >= 0.6 is 0 Å². The van der Waals surface area contributed by atoms with Crippen LogP contribution in [-0.4, -0.2) is 24.1 Å². The molecular weight excluding hydrogens is 747 g/mol. The SMILES string of the molecule is c1ccc(-c2nc(-c3ccc4c5ccccc5n(-c5ccccc5)c4c3)nc(-c3cc(-n4c5ccccc5c5cc6ccccc6cc54)cc4oc5ccccc5c34)n2)cc1. The first-order chi connectivity index (χ1) is 30.2. The lowest BCUT2D eigenvalue weighted by atomic mass is 10.0. The number of hydrogen-bond acceptors (Lipinski definition) is 4. The van der Waals surface area contributed by atoms with Crippen LogP contribution in [0, 0.1) is 0 Å². The lowest BCUT2D eigenvalue weighted by molar-refractivity contribution is 0.668. The van der Waals surface area contributed by atoms with E-state index in [1.165, 1.54) is 32.3 Å². The summed E-state index contributed by atoms with van der Waals surface area (Å²) in [4.78, 5) is 15.9. The number of fused-ring (bicyclic) bond motifs is 10. The van der Waals surface area contributed by atoms with Crippen molar-refractivity contribution < 1.29 is 4.42 Å². The highest BCUT2D eigenvalue weighted by Crippen LogP contribution is 2.42. The van der Waals surface area contributed by atoms with E-state index in [0.717, 1.165) is 72.1 Å². The molecule has 61 heavy (non-hydrogen) atoms. The quantitative estimate of drug-likeness (QED) is 0.175. The van der Waals surface area contributed by atoms with Gasteiger partial charge in [-0.05, 0) is 65.4 Å². The van der Waals surface area contributed by atoms with Gasteiger partial charge in [0.2, 0.25) is 0 Å². The summed E-state index contributed by atoms with van der Waals surface area (Å²) in [6, 6.07) is 70.3. The van der Waals surface area contributed by atoms with Crippen molar-refractivity contribution >= 4 is 76.3 Å². The van der Waals surface area contributed by atoms with Crippen molar-refractivity contribution in [3.63, 3.8) is 0 Å². The Balaban J connectivity index is 1.10. The third-order valence-corrected chi connectivity index (χ3v) is 12.1. The van der Waals surface area contributed by atoms with Gasteiger partial charge in [-0.2, -0.15) is 0 Å². The van der Waals surface area contributed by atoms with Gasteiger partial charge in [0.25, 0.3) is 0 Å². The Morgan fingerprint density at radius 2 is 0.885 bits per heavy atom. The molecule has 0 amide bonds. The molecule has 0 atom stereocenters. The Morgan fingerprint density at radius 1 is 0.328 bits per heavy atom. The van der Waals surface area contributed by atoms with E-state index < -0.39 is 0 Å². The van der Waals surface area contributed by atoms with Crippen LogP contribution < -0.4 is 0 Å². The molecule has 0 unspecified atom stereocenters. The lowest BCUT2D eigenvalue weighted by Gasteiger charge is -2.13. The molecule has 13 aromatic rings. The van der Waals surface area contributed by atoms with Crippen molar-refractivity contribution in [3.8, 4) is 45.5 Å². The van der Waals surface area contributed by atoms with Crippen LogP contribution in [0.4, 0.5) is 0 Å². The zero-order valence-electron chi connectivity index (χ0n) is 32.7. The van der Waals surface area contributed by atoms with Crippen molar-refractivity contribution in [1.29, 1.82) is 0 Å². The predicted octanol–water partition coefficient (Wildman–Crippen LogP) is 14.1. The molecule has 0 aliphatic rings. The Bertz CT molecular complexity index is 3880. The van der Waals surface area contributed by atoms with E-state index in [1.807, 2.05) is 30.3 Å². The smallest absolute Gasteiger partial charge is 0.164 e. The van der Waals surface area contributed by atoms with Crippen LogP contribution in [0.25, 0.3) is 122 Å². The summed E-state index contributed by atoms with van der Waals surface area (Å²) in [5.74, 6) is 1.75. The Labute approximate surface area is 349 Å². The summed E-state index contributed by atoms with van der Waals surface area (Å²) in [7, 11) is 0. The fourth-order valence-corrected chi connectivity index (χ4v) is 9.39. The maximum absolute atomic E-state index is 6.72. The largest absolute Gasteiger partial charge is 0.456 e. The van der Waals surface area contributed by atoms with Crippen molar-refractivity contribution in [2.24, 2.45) is 0 Å². The minimum absolute atomic E-state index is 0.567. The average Bonchev–Trinajstić information content (AvgIpc) is 3.98. The van der Waals surface area contributed by atoms with Crippen LogP contribution in [-0.2, 0) is 0 Å². The Morgan fingerprint density at radius 3 is 1.66 bits per heavy atom. The minimum Gasteiger partial charge on any atom is -0.456 e. The molecule has 6 nitrogen and oxygen atoms in total. The van der Waals surface area contributed by atoms with E-state index in [9.17, 15) is 0 Å².